The van der Waals surface area contributed by atoms with Crippen molar-refractivity contribution in [3.8, 4) is 23.1 Å². The fourth-order valence-corrected chi connectivity index (χ4v) is 5.75. The van der Waals surface area contributed by atoms with Gasteiger partial charge in [0.25, 0.3) is 5.91 Å². The van der Waals surface area contributed by atoms with E-state index in [-0.39, 0.29) is 11.1 Å². The first-order valence-corrected chi connectivity index (χ1v) is 15.4. The monoisotopic (exact) mass is 666 g/mol. The number of amides is 1. The maximum atomic E-state index is 13.5. The van der Waals surface area contributed by atoms with Gasteiger partial charge in [-0.25, -0.2) is 9.97 Å². The molecule has 1 aliphatic rings. The number of nitrogens with zero attached hydrogens (tertiary/aromatic N) is 6. The van der Waals surface area contributed by atoms with Crippen LogP contribution in [0.4, 0.5) is 36.2 Å². The Labute approximate surface area is 281 Å². The summed E-state index contributed by atoms with van der Waals surface area (Å²) in [5, 5.41) is 17.0. The van der Waals surface area contributed by atoms with Crippen LogP contribution in [0.1, 0.15) is 11.1 Å². The third kappa shape index (κ3) is 7.19. The van der Waals surface area contributed by atoms with Crippen LogP contribution in [0.3, 0.4) is 0 Å². The number of ether oxygens (including phenoxy) is 1. The number of hydrogen-bond donors (Lipinski definition) is 2. The van der Waals surface area contributed by atoms with Crippen molar-refractivity contribution in [2.75, 3.05) is 55.9 Å². The summed E-state index contributed by atoms with van der Waals surface area (Å²) in [5.41, 5.74) is 3.44. The van der Waals surface area contributed by atoms with Gasteiger partial charge in [-0.05, 0) is 49.0 Å². The molecule has 3 aromatic carbocycles. The van der Waals surface area contributed by atoms with Crippen molar-refractivity contribution in [1.82, 2.24) is 19.4 Å². The van der Waals surface area contributed by atoms with Crippen molar-refractivity contribution < 1.29 is 22.7 Å². The molecule has 0 spiro atoms. The number of para-hydroxylation sites is 1. The molecule has 0 unspecified atom stereocenters. The van der Waals surface area contributed by atoms with Crippen LogP contribution < -0.4 is 20.3 Å². The predicted molar refractivity (Wildman–Crippen MR) is 184 cm³/mol. The van der Waals surface area contributed by atoms with Gasteiger partial charge in [-0.3, -0.25) is 4.79 Å². The van der Waals surface area contributed by atoms with E-state index in [1.807, 2.05) is 67.3 Å². The number of nitriles is 1. The van der Waals surface area contributed by atoms with Crippen LogP contribution in [-0.2, 0) is 18.0 Å². The lowest BCUT2D eigenvalue weighted by atomic mass is 10.1. The molecule has 1 amide bonds. The van der Waals surface area contributed by atoms with Gasteiger partial charge in [0, 0.05) is 68.2 Å². The minimum Gasteiger partial charge on any atom is -0.494 e. The molecule has 0 saturated carbocycles. The summed E-state index contributed by atoms with van der Waals surface area (Å²) in [6.07, 6.45) is 0.423. The van der Waals surface area contributed by atoms with Gasteiger partial charge in [0.15, 0.2) is 0 Å². The zero-order valence-electron chi connectivity index (χ0n) is 27.0. The first-order chi connectivity index (χ1) is 23.5. The lowest BCUT2D eigenvalue weighted by Gasteiger charge is -2.35. The van der Waals surface area contributed by atoms with Crippen LogP contribution in [-0.4, -0.2) is 65.7 Å². The Hall–Kier alpha value is -5.87. The molecule has 13 heteroatoms. The summed E-state index contributed by atoms with van der Waals surface area (Å²) in [4.78, 5) is 27.0. The molecule has 10 nitrogen and oxygen atoms in total. The van der Waals surface area contributed by atoms with Crippen molar-refractivity contribution >= 4 is 45.9 Å². The highest BCUT2D eigenvalue weighted by Gasteiger charge is 2.30. The number of halogens is 3. The highest BCUT2D eigenvalue weighted by molar-refractivity contribution is 6.11. The fourth-order valence-electron chi connectivity index (χ4n) is 5.75. The van der Waals surface area contributed by atoms with Gasteiger partial charge in [0.05, 0.1) is 35.4 Å². The number of fused-ring (bicyclic) bond motifs is 1. The quantitative estimate of drug-likeness (QED) is 0.139. The Bertz CT molecular complexity index is 2080. The SMILES string of the molecule is COc1cc(N2CCN(C)CC2)c(NC(=O)C(C#N)=Cc2ccc(C(F)(F)F)cc2)cc1Nc1nccc(-c2cn(C)c3ccccc23)n1. The van der Waals surface area contributed by atoms with E-state index in [1.165, 1.54) is 18.2 Å². The summed E-state index contributed by atoms with van der Waals surface area (Å²) < 4.78 is 47.0. The topological polar surface area (TPSA) is 111 Å². The summed E-state index contributed by atoms with van der Waals surface area (Å²) in [7, 11) is 5.55. The normalized spacial score (nSPS) is 14.1. The van der Waals surface area contributed by atoms with Gasteiger partial charge in [0.2, 0.25) is 5.95 Å². The summed E-state index contributed by atoms with van der Waals surface area (Å²) in [5.74, 6) is 0.0586. The number of methoxy groups -OCH3 is 1. The summed E-state index contributed by atoms with van der Waals surface area (Å²) in [6.45, 7) is 2.94. The van der Waals surface area contributed by atoms with E-state index >= 15 is 0 Å². The van der Waals surface area contributed by atoms with Crippen LogP contribution in [0.2, 0.25) is 0 Å². The second-order valence-corrected chi connectivity index (χ2v) is 11.7. The average molecular weight is 667 g/mol. The summed E-state index contributed by atoms with van der Waals surface area (Å²) >= 11 is 0. The molecule has 5 aromatic rings. The Morgan fingerprint density at radius 2 is 1.73 bits per heavy atom. The van der Waals surface area contributed by atoms with E-state index in [1.54, 1.807) is 19.4 Å². The summed E-state index contributed by atoms with van der Waals surface area (Å²) in [6, 6.07) is 19.5. The number of nitrogens with one attached hydrogen (secondary N) is 2. The molecular formula is C36H33F3N8O2. The largest absolute Gasteiger partial charge is 0.494 e. The van der Waals surface area contributed by atoms with E-state index in [9.17, 15) is 23.2 Å². The van der Waals surface area contributed by atoms with Gasteiger partial charge < -0.3 is 29.7 Å². The lowest BCUT2D eigenvalue weighted by Crippen LogP contribution is -2.44. The van der Waals surface area contributed by atoms with E-state index < -0.39 is 17.6 Å². The molecule has 1 fully saturated rings. The Morgan fingerprint density at radius 1 is 1.00 bits per heavy atom. The maximum absolute atomic E-state index is 13.5. The third-order valence-electron chi connectivity index (χ3n) is 8.40. The Kier molecular flexibility index (Phi) is 9.24. The van der Waals surface area contributed by atoms with E-state index in [0.29, 0.717) is 47.5 Å². The number of carbonyl (C=O) groups is 1. The molecule has 0 aliphatic carbocycles. The highest BCUT2D eigenvalue weighted by Crippen LogP contribution is 2.39. The average Bonchev–Trinajstić information content (AvgIpc) is 3.44. The molecule has 6 rings (SSSR count). The number of anilines is 4. The number of piperazine rings is 1. The zero-order chi connectivity index (χ0) is 34.7. The minimum absolute atomic E-state index is 0.277. The van der Waals surface area contributed by atoms with Gasteiger partial charge in [-0.2, -0.15) is 18.4 Å². The van der Waals surface area contributed by atoms with Gasteiger partial charge in [0.1, 0.15) is 17.4 Å². The zero-order valence-corrected chi connectivity index (χ0v) is 27.0. The number of rotatable bonds is 8. The van der Waals surface area contributed by atoms with Crippen LogP contribution >= 0.6 is 0 Å². The standard InChI is InChI=1S/C36H33F3N8O2/c1-45-14-16-47(17-15-45)32-20-33(49-3)30(44-35-41-13-12-28(43-35)27-22-46(2)31-7-5-4-6-26(27)31)19-29(32)42-34(48)24(21-40)18-23-8-10-25(11-9-23)36(37,38)39/h4-13,18-20,22H,14-17H2,1-3H3,(H,42,48)(H,41,43,44). The molecule has 49 heavy (non-hydrogen) atoms. The predicted octanol–water partition coefficient (Wildman–Crippen LogP) is 6.70. The van der Waals surface area contributed by atoms with E-state index in [4.69, 9.17) is 9.72 Å². The molecule has 0 bridgehead atoms. The molecular weight excluding hydrogens is 633 g/mol. The Morgan fingerprint density at radius 3 is 2.43 bits per heavy atom. The van der Waals surface area contributed by atoms with Crippen LogP contribution in [0, 0.1) is 11.3 Å². The van der Waals surface area contributed by atoms with Gasteiger partial charge in [-0.1, -0.05) is 30.3 Å². The molecule has 2 N–H and O–H groups in total. The van der Waals surface area contributed by atoms with Gasteiger partial charge >= 0.3 is 6.18 Å². The van der Waals surface area contributed by atoms with Crippen LogP contribution in [0.5, 0.6) is 5.75 Å². The van der Waals surface area contributed by atoms with Gasteiger partial charge in [-0.15, -0.1) is 0 Å². The number of carbonyl (C=O) groups excluding carboxylic acids is 1. The molecule has 0 atom stereocenters. The molecule has 250 valence electrons. The Balaban J connectivity index is 1.34. The minimum atomic E-state index is -4.50. The van der Waals surface area contributed by atoms with Crippen LogP contribution in [0.25, 0.3) is 28.2 Å². The third-order valence-corrected chi connectivity index (χ3v) is 8.40. The number of aromatic nitrogens is 3. The smallest absolute Gasteiger partial charge is 0.416 e. The molecule has 3 heterocycles. The first-order valence-electron chi connectivity index (χ1n) is 15.4. The number of hydrogen-bond acceptors (Lipinski definition) is 8. The molecule has 0 radical (unpaired) electrons. The molecule has 2 aromatic heterocycles. The number of likely N-dealkylation sites (N-methyl/N-ethyl adjacent to an activating group) is 1. The second-order valence-electron chi connectivity index (χ2n) is 11.7. The number of aryl methyl sites for hydroxylation is 1. The van der Waals surface area contributed by atoms with E-state index in [0.717, 1.165) is 41.7 Å². The maximum Gasteiger partial charge on any atom is 0.416 e. The number of alkyl halides is 3. The van der Waals surface area contributed by atoms with Crippen molar-refractivity contribution in [3.63, 3.8) is 0 Å². The van der Waals surface area contributed by atoms with Crippen molar-refractivity contribution in [1.29, 1.82) is 5.26 Å². The second kappa shape index (κ2) is 13.7. The highest BCUT2D eigenvalue weighted by atomic mass is 19.4. The van der Waals surface area contributed by atoms with Crippen molar-refractivity contribution in [3.05, 3.63) is 95.8 Å². The molecule has 1 saturated heterocycles. The van der Waals surface area contributed by atoms with E-state index in [2.05, 4.69) is 25.4 Å². The van der Waals surface area contributed by atoms with Crippen molar-refractivity contribution in [2.24, 2.45) is 7.05 Å². The molecule has 1 aliphatic heterocycles. The van der Waals surface area contributed by atoms with Crippen LogP contribution in [0.15, 0.2) is 84.7 Å². The van der Waals surface area contributed by atoms with Crippen molar-refractivity contribution in [2.45, 2.75) is 6.18 Å². The fraction of sp³-hybridized carbons (Fsp3) is 0.222. The lowest BCUT2D eigenvalue weighted by molar-refractivity contribution is -0.137. The number of benzene rings is 3. The first kappa shape index (κ1) is 33.0.